The summed E-state index contributed by atoms with van der Waals surface area (Å²) in [6.45, 7) is 6.80. The van der Waals surface area contributed by atoms with Gasteiger partial charge in [-0.05, 0) is 38.0 Å². The molecule has 96 valence electrons. The van der Waals surface area contributed by atoms with Gasteiger partial charge in [0.25, 0.3) is 0 Å². The lowest BCUT2D eigenvalue weighted by molar-refractivity contribution is -0.872. The molecule has 2 rings (SSSR count). The van der Waals surface area contributed by atoms with Crippen LogP contribution in [0.5, 0.6) is 0 Å². The zero-order valence-electron chi connectivity index (χ0n) is 11.8. The van der Waals surface area contributed by atoms with Crippen molar-refractivity contribution in [2.24, 2.45) is 0 Å². The highest BCUT2D eigenvalue weighted by Crippen LogP contribution is 2.17. The Labute approximate surface area is 107 Å². The van der Waals surface area contributed by atoms with Gasteiger partial charge in [0.1, 0.15) is 6.54 Å². The third kappa shape index (κ3) is 2.18. The second kappa shape index (κ2) is 4.58. The van der Waals surface area contributed by atoms with Crippen molar-refractivity contribution in [3.05, 3.63) is 44.7 Å². The molecule has 2 N–H and O–H groups in total. The molecule has 1 aromatic carbocycles. The first kappa shape index (κ1) is 12.8. The summed E-state index contributed by atoms with van der Waals surface area (Å²) in [5.41, 5.74) is 5.25. The number of aryl methyl sites for hydroxylation is 3. The highest BCUT2D eigenvalue weighted by molar-refractivity contribution is 5.83. The van der Waals surface area contributed by atoms with Crippen LogP contribution in [0.3, 0.4) is 0 Å². The van der Waals surface area contributed by atoms with Crippen LogP contribution in [0.4, 0.5) is 0 Å². The first-order valence-electron chi connectivity index (χ1n) is 6.32. The van der Waals surface area contributed by atoms with Crippen LogP contribution in [0.2, 0.25) is 0 Å². The molecule has 0 aliphatic carbocycles. The predicted octanol–water partition coefficient (Wildman–Crippen LogP) is 1.10. The Balaban J connectivity index is 2.81. The molecule has 3 nitrogen and oxygen atoms in total. The Kier molecular flexibility index (Phi) is 3.26. The van der Waals surface area contributed by atoms with E-state index in [9.17, 15) is 4.79 Å². The molecular formula is C15H21N2O+. The van der Waals surface area contributed by atoms with E-state index in [-0.39, 0.29) is 5.43 Å². The number of rotatable bonds is 2. The van der Waals surface area contributed by atoms with Crippen molar-refractivity contribution in [3.63, 3.8) is 0 Å². The number of benzene rings is 1. The molecule has 0 amide bonds. The highest BCUT2D eigenvalue weighted by Gasteiger charge is 2.13. The fourth-order valence-electron chi connectivity index (χ4n) is 2.53. The van der Waals surface area contributed by atoms with Crippen molar-refractivity contribution >= 4 is 10.9 Å². The van der Waals surface area contributed by atoms with Gasteiger partial charge in [-0.25, -0.2) is 0 Å². The van der Waals surface area contributed by atoms with E-state index in [1.54, 1.807) is 0 Å². The van der Waals surface area contributed by atoms with Crippen molar-refractivity contribution in [2.45, 2.75) is 27.3 Å². The number of aromatic nitrogens is 1. The molecule has 18 heavy (non-hydrogen) atoms. The van der Waals surface area contributed by atoms with Crippen molar-refractivity contribution in [3.8, 4) is 0 Å². The van der Waals surface area contributed by atoms with Gasteiger partial charge < -0.3 is 9.88 Å². The molecule has 0 radical (unpaired) electrons. The molecule has 0 saturated heterocycles. The fourth-order valence-corrected chi connectivity index (χ4v) is 2.53. The summed E-state index contributed by atoms with van der Waals surface area (Å²) in [5.74, 6) is 0. The first-order valence-corrected chi connectivity index (χ1v) is 6.32. The first-order chi connectivity index (χ1) is 8.40. The van der Waals surface area contributed by atoms with Gasteiger partial charge in [0.2, 0.25) is 0 Å². The van der Waals surface area contributed by atoms with Gasteiger partial charge in [0, 0.05) is 11.1 Å². The Morgan fingerprint density at radius 2 is 1.83 bits per heavy atom. The van der Waals surface area contributed by atoms with Crippen LogP contribution >= 0.6 is 0 Å². The molecule has 0 aliphatic heterocycles. The van der Waals surface area contributed by atoms with Crippen molar-refractivity contribution in [1.29, 1.82) is 0 Å². The van der Waals surface area contributed by atoms with Gasteiger partial charge >= 0.3 is 0 Å². The number of nitrogens with one attached hydrogen (secondary N) is 2. The zero-order chi connectivity index (χ0) is 13.4. The molecule has 2 aromatic rings. The van der Waals surface area contributed by atoms with Crippen LogP contribution in [-0.2, 0) is 6.54 Å². The SMILES string of the molecule is Cc1cc(C)c2c(=O)c(C[NH+](C)C)c(C)[nH]c2c1. The summed E-state index contributed by atoms with van der Waals surface area (Å²) in [6.07, 6.45) is 0. The summed E-state index contributed by atoms with van der Waals surface area (Å²) in [7, 11) is 4.12. The van der Waals surface area contributed by atoms with Crippen LogP contribution < -0.4 is 10.3 Å². The number of quaternary nitrogens is 1. The third-order valence-corrected chi connectivity index (χ3v) is 3.29. The lowest BCUT2D eigenvalue weighted by atomic mass is 10.0. The minimum atomic E-state index is 0.181. The molecule has 0 bridgehead atoms. The van der Waals surface area contributed by atoms with Gasteiger partial charge in [-0.15, -0.1) is 0 Å². The Morgan fingerprint density at radius 1 is 1.17 bits per heavy atom. The van der Waals surface area contributed by atoms with Crippen molar-refractivity contribution in [2.75, 3.05) is 14.1 Å². The number of H-pyrrole nitrogens is 1. The maximum Gasteiger partial charge on any atom is 0.198 e. The van der Waals surface area contributed by atoms with E-state index in [4.69, 9.17) is 0 Å². The molecule has 1 heterocycles. The Hall–Kier alpha value is -1.61. The van der Waals surface area contributed by atoms with E-state index in [1.807, 2.05) is 19.9 Å². The van der Waals surface area contributed by atoms with Crippen LogP contribution in [0.1, 0.15) is 22.4 Å². The monoisotopic (exact) mass is 245 g/mol. The molecular weight excluding hydrogens is 224 g/mol. The second-order valence-corrected chi connectivity index (χ2v) is 5.45. The van der Waals surface area contributed by atoms with E-state index < -0.39 is 0 Å². The van der Waals surface area contributed by atoms with Gasteiger partial charge in [0.05, 0.1) is 25.2 Å². The van der Waals surface area contributed by atoms with Gasteiger partial charge in [-0.1, -0.05) is 6.07 Å². The van der Waals surface area contributed by atoms with Crippen LogP contribution in [-0.4, -0.2) is 19.1 Å². The molecule has 0 unspecified atom stereocenters. The van der Waals surface area contributed by atoms with E-state index >= 15 is 0 Å². The lowest BCUT2D eigenvalue weighted by Gasteiger charge is -2.12. The number of hydrogen-bond donors (Lipinski definition) is 2. The maximum atomic E-state index is 12.6. The number of aromatic amines is 1. The summed E-state index contributed by atoms with van der Waals surface area (Å²) < 4.78 is 0. The topological polar surface area (TPSA) is 37.3 Å². The van der Waals surface area contributed by atoms with Gasteiger partial charge in [0.15, 0.2) is 5.43 Å². The predicted molar refractivity (Wildman–Crippen MR) is 75.3 cm³/mol. The molecule has 0 aliphatic rings. The fraction of sp³-hybridized carbons (Fsp3) is 0.400. The number of hydrogen-bond acceptors (Lipinski definition) is 1. The highest BCUT2D eigenvalue weighted by atomic mass is 16.1. The van der Waals surface area contributed by atoms with Crippen LogP contribution in [0, 0.1) is 20.8 Å². The summed E-state index contributed by atoms with van der Waals surface area (Å²) >= 11 is 0. The van der Waals surface area contributed by atoms with Crippen molar-refractivity contribution < 1.29 is 4.90 Å². The minimum absolute atomic E-state index is 0.181. The van der Waals surface area contributed by atoms with Crippen molar-refractivity contribution in [1.82, 2.24) is 4.98 Å². The Bertz CT molecular complexity index is 654. The smallest absolute Gasteiger partial charge is 0.198 e. The molecule has 1 aromatic heterocycles. The molecule has 3 heteroatoms. The zero-order valence-corrected chi connectivity index (χ0v) is 11.8. The number of fused-ring (bicyclic) bond motifs is 1. The maximum absolute atomic E-state index is 12.6. The Morgan fingerprint density at radius 3 is 2.44 bits per heavy atom. The van der Waals surface area contributed by atoms with E-state index in [1.165, 1.54) is 10.5 Å². The lowest BCUT2D eigenvalue weighted by Crippen LogP contribution is -3.04. The van der Waals surface area contributed by atoms with Crippen LogP contribution in [0.15, 0.2) is 16.9 Å². The molecule has 0 atom stereocenters. The summed E-state index contributed by atoms with van der Waals surface area (Å²) in [4.78, 5) is 17.2. The quantitative estimate of drug-likeness (QED) is 0.817. The third-order valence-electron chi connectivity index (χ3n) is 3.29. The standard InChI is InChI=1S/C15H20N2O/c1-9-6-10(2)14-13(7-9)16-11(3)12(15(14)18)8-17(4)5/h6-7H,8H2,1-5H3,(H,16,18)/p+1. The average Bonchev–Trinajstić information content (AvgIpc) is 2.22. The van der Waals surface area contributed by atoms with Gasteiger partial charge in [-0.2, -0.15) is 0 Å². The minimum Gasteiger partial charge on any atom is -0.358 e. The van der Waals surface area contributed by atoms with Crippen LogP contribution in [0.25, 0.3) is 10.9 Å². The largest absolute Gasteiger partial charge is 0.358 e. The summed E-state index contributed by atoms with van der Waals surface area (Å²) in [5, 5.41) is 0.836. The molecule has 0 saturated carbocycles. The average molecular weight is 245 g/mol. The van der Waals surface area contributed by atoms with E-state index in [2.05, 4.69) is 32.1 Å². The van der Waals surface area contributed by atoms with E-state index in [0.29, 0.717) is 0 Å². The summed E-state index contributed by atoms with van der Waals surface area (Å²) in [6, 6.07) is 4.11. The number of pyridine rings is 1. The van der Waals surface area contributed by atoms with Gasteiger partial charge in [-0.3, -0.25) is 4.79 Å². The normalized spacial score (nSPS) is 11.4. The molecule has 0 spiro atoms. The second-order valence-electron chi connectivity index (χ2n) is 5.45. The molecule has 0 fully saturated rings. The van der Waals surface area contributed by atoms with E-state index in [0.717, 1.165) is 34.3 Å².